The molecule has 2 saturated heterocycles. The average molecular weight is 840 g/mol. The van der Waals surface area contributed by atoms with Crippen LogP contribution in [0.25, 0.3) is 0 Å². The first-order valence-electron chi connectivity index (χ1n) is 17.9. The maximum Gasteiger partial charge on any atom is 0.488 e. The standard InChI is InChI=1S/C14H12BNO7.C10H18O3.C6H10BNO3.C6H7BO3.CO2/c16-8-22-15-7-21-14(20)11(15)5-6-12(18)23-13(19)9-1-3-10(17)4-2-9;1-9(2,3)7(11)13-8(12)10(4,5)6;1-2-5-6(9)10-3-7(5)11-4-8;8-6-3-1-5(2-4-6)7(9)10;2-1-3/h1-4,11,17H,5-7H2;1-6H3;4-5,8H,2-3H2,1H3;1-4,8-10H;. The van der Waals surface area contributed by atoms with Gasteiger partial charge in [-0.15, -0.1) is 0 Å². The largest absolute Gasteiger partial charge is 0.548 e. The highest BCUT2D eigenvalue weighted by molar-refractivity contribution is 6.61. The Balaban J connectivity index is 0.000000804. The summed E-state index contributed by atoms with van der Waals surface area (Å²) in [5, 5.41) is 50.2. The van der Waals surface area contributed by atoms with Gasteiger partial charge >= 0.3 is 62.9 Å². The van der Waals surface area contributed by atoms with E-state index in [1.165, 1.54) is 54.8 Å². The molecule has 2 aliphatic rings. The van der Waals surface area contributed by atoms with Gasteiger partial charge in [0.1, 0.15) is 30.9 Å². The Labute approximate surface area is 346 Å². The van der Waals surface area contributed by atoms with E-state index in [0.29, 0.717) is 11.9 Å². The van der Waals surface area contributed by atoms with Crippen LogP contribution < -0.4 is 5.46 Å². The number of benzene rings is 2. The molecule has 0 radical (unpaired) electrons. The Kier molecular flexibility index (Phi) is 23.6. The lowest BCUT2D eigenvalue weighted by Gasteiger charge is -2.20. The van der Waals surface area contributed by atoms with Gasteiger partial charge in [-0.2, -0.15) is 14.9 Å². The minimum absolute atomic E-state index is 0.0174. The van der Waals surface area contributed by atoms with Crippen molar-refractivity contribution in [3.63, 3.8) is 0 Å². The van der Waals surface area contributed by atoms with Crippen LogP contribution in [0.4, 0.5) is 0 Å². The first-order valence-corrected chi connectivity index (χ1v) is 17.9. The summed E-state index contributed by atoms with van der Waals surface area (Å²) in [4.78, 5) is 84.6. The molecular weight excluding hydrogens is 793 g/mol. The predicted molar refractivity (Wildman–Crippen MR) is 208 cm³/mol. The molecule has 0 bridgehead atoms. The third-order valence-electron chi connectivity index (χ3n) is 7.74. The second kappa shape index (κ2) is 26.5. The van der Waals surface area contributed by atoms with E-state index >= 15 is 0 Å². The fraction of sp³-hybridized carbons (Fsp3) is 0.432. The van der Waals surface area contributed by atoms with Crippen LogP contribution in [0.3, 0.4) is 0 Å². The Hall–Kier alpha value is -6.49. The number of phenolic OH excluding ortho intramolecular Hbond substituents is 2. The van der Waals surface area contributed by atoms with Gasteiger partial charge in [0.2, 0.25) is 0 Å². The molecule has 0 saturated carbocycles. The van der Waals surface area contributed by atoms with E-state index in [1.54, 1.807) is 41.5 Å². The number of cyclic esters (lactones) is 2. The number of nitriles is 1. The molecule has 2 atom stereocenters. The highest BCUT2D eigenvalue weighted by Gasteiger charge is 2.44. The molecule has 4 rings (SSSR count). The number of aromatic hydroxyl groups is 2. The summed E-state index contributed by atoms with van der Waals surface area (Å²) in [6.07, 6.45) is 3.14. The number of nitrogens with one attached hydrogen (secondary N) is 1. The van der Waals surface area contributed by atoms with Gasteiger partial charge in [-0.05, 0) is 96.2 Å². The van der Waals surface area contributed by atoms with Crippen molar-refractivity contribution in [2.45, 2.75) is 79.4 Å². The SMILES string of the molecule is CC(C)(C)C(=O)OC(=O)C(C)(C)C.CCC1B(OC=N)COC1=O.N#COB1COC(=O)C1CCC(=O)OC(=O)c1ccc(O)cc1.O=C=O.OB(O)c1ccc(O)cc1. The second-order valence-electron chi connectivity index (χ2n) is 14.5. The number of carbonyl (C=O) groups excluding carboxylic acids is 8. The van der Waals surface area contributed by atoms with Crippen molar-refractivity contribution in [3.05, 3.63) is 54.1 Å². The topological polar surface area (TPSA) is 320 Å². The molecule has 2 unspecified atom stereocenters. The van der Waals surface area contributed by atoms with Crippen LogP contribution in [0.1, 0.15) is 78.1 Å². The first kappa shape index (κ1) is 53.5. The smallest absolute Gasteiger partial charge is 0.488 e. The third-order valence-corrected chi connectivity index (χ3v) is 7.74. The molecule has 60 heavy (non-hydrogen) atoms. The monoisotopic (exact) mass is 840 g/mol. The summed E-state index contributed by atoms with van der Waals surface area (Å²) in [7, 11) is -1.46. The Morgan fingerprint density at radius 1 is 0.833 bits per heavy atom. The van der Waals surface area contributed by atoms with Crippen LogP contribution in [0, 0.1) is 27.8 Å². The van der Waals surface area contributed by atoms with E-state index < -0.39 is 60.5 Å². The molecule has 5 N–H and O–H groups in total. The summed E-state index contributed by atoms with van der Waals surface area (Å²) >= 11 is 0. The molecule has 2 aromatic carbocycles. The van der Waals surface area contributed by atoms with Crippen molar-refractivity contribution < 1.29 is 86.9 Å². The van der Waals surface area contributed by atoms with E-state index in [1.807, 2.05) is 6.92 Å². The first-order chi connectivity index (χ1) is 28.0. The molecule has 0 aliphatic carbocycles. The number of nitrogens with zero attached hydrogens (tertiary/aromatic N) is 1. The van der Waals surface area contributed by atoms with Crippen molar-refractivity contribution in [2.24, 2.45) is 10.8 Å². The maximum absolute atomic E-state index is 11.7. The normalized spacial score (nSPS) is 14.9. The fourth-order valence-corrected chi connectivity index (χ4v) is 4.34. The lowest BCUT2D eigenvalue weighted by molar-refractivity contribution is -0.192. The van der Waals surface area contributed by atoms with Crippen LogP contribution in [-0.2, 0) is 61.8 Å². The number of phenols is 2. The molecular formula is C37H47B3N2O18. The number of carbonyl (C=O) groups is 6. The van der Waals surface area contributed by atoms with Crippen LogP contribution in [0.2, 0.25) is 11.6 Å². The highest BCUT2D eigenvalue weighted by Crippen LogP contribution is 2.27. The van der Waals surface area contributed by atoms with Gasteiger partial charge in [-0.25, -0.2) is 4.79 Å². The van der Waals surface area contributed by atoms with Gasteiger partial charge in [0, 0.05) is 6.42 Å². The summed E-state index contributed by atoms with van der Waals surface area (Å²) in [5.74, 6) is -4.21. The van der Waals surface area contributed by atoms with E-state index in [4.69, 9.17) is 64.0 Å². The number of esters is 6. The average Bonchev–Trinajstić information content (AvgIpc) is 3.71. The maximum atomic E-state index is 11.7. The Bertz CT molecular complexity index is 1790. The molecule has 0 aromatic heterocycles. The van der Waals surface area contributed by atoms with Crippen LogP contribution in [0.15, 0.2) is 48.5 Å². The lowest BCUT2D eigenvalue weighted by Crippen LogP contribution is -2.31. The summed E-state index contributed by atoms with van der Waals surface area (Å²) in [5.41, 5.74) is -0.762. The minimum Gasteiger partial charge on any atom is -0.548 e. The zero-order valence-corrected chi connectivity index (χ0v) is 34.1. The van der Waals surface area contributed by atoms with Crippen LogP contribution in [-0.4, -0.2) is 103 Å². The Morgan fingerprint density at radius 2 is 1.28 bits per heavy atom. The van der Waals surface area contributed by atoms with Crippen molar-refractivity contribution in [2.75, 3.05) is 13.0 Å². The van der Waals surface area contributed by atoms with Gasteiger partial charge in [-0.1, -0.05) is 19.1 Å². The van der Waals surface area contributed by atoms with E-state index in [0.717, 1.165) is 6.40 Å². The predicted octanol–water partition coefficient (Wildman–Crippen LogP) is 1.93. The summed E-state index contributed by atoms with van der Waals surface area (Å²) < 4.78 is 28.4. The van der Waals surface area contributed by atoms with Crippen LogP contribution in [0.5, 0.6) is 11.5 Å². The highest BCUT2D eigenvalue weighted by atomic mass is 16.6. The van der Waals surface area contributed by atoms with Gasteiger partial charge in [0.15, 0.2) is 0 Å². The van der Waals surface area contributed by atoms with Gasteiger partial charge in [0.05, 0.1) is 28.0 Å². The quantitative estimate of drug-likeness (QED) is 0.0458. The number of hydrogen-bond acceptors (Lipinski definition) is 20. The minimum atomic E-state index is -1.46. The molecule has 23 heteroatoms. The van der Waals surface area contributed by atoms with Crippen molar-refractivity contribution in [1.29, 1.82) is 10.7 Å². The van der Waals surface area contributed by atoms with E-state index in [9.17, 15) is 28.8 Å². The zero-order valence-electron chi connectivity index (χ0n) is 34.1. The van der Waals surface area contributed by atoms with E-state index in [-0.39, 0.29) is 67.8 Å². The number of ether oxygens (including phenoxy) is 4. The summed E-state index contributed by atoms with van der Waals surface area (Å²) in [6, 6.07) is 10.9. The van der Waals surface area contributed by atoms with E-state index in [2.05, 4.69) is 4.74 Å². The fourth-order valence-electron chi connectivity index (χ4n) is 4.34. The molecule has 2 fully saturated rings. The molecule has 2 heterocycles. The van der Waals surface area contributed by atoms with Crippen LogP contribution >= 0.6 is 0 Å². The third kappa shape index (κ3) is 20.3. The second-order valence-corrected chi connectivity index (χ2v) is 14.5. The Morgan fingerprint density at radius 3 is 1.70 bits per heavy atom. The molecule has 20 nitrogen and oxygen atoms in total. The van der Waals surface area contributed by atoms with Crippen molar-refractivity contribution in [1.82, 2.24) is 0 Å². The zero-order chi connectivity index (χ0) is 46.2. The van der Waals surface area contributed by atoms with Crippen molar-refractivity contribution >= 4 is 74.8 Å². The van der Waals surface area contributed by atoms with Gasteiger partial charge in [0.25, 0.3) is 6.26 Å². The van der Waals surface area contributed by atoms with Gasteiger partial charge in [-0.3, -0.25) is 29.4 Å². The molecule has 0 amide bonds. The lowest BCUT2D eigenvalue weighted by atomic mass is 9.57. The molecule has 2 aliphatic heterocycles. The number of rotatable bonds is 9. The molecule has 322 valence electrons. The molecule has 0 spiro atoms. The molecule has 2 aromatic rings. The number of hydrogen-bond donors (Lipinski definition) is 5. The summed E-state index contributed by atoms with van der Waals surface area (Å²) in [6.45, 7) is 11.4. The van der Waals surface area contributed by atoms with Crippen molar-refractivity contribution in [3.8, 4) is 17.8 Å². The van der Waals surface area contributed by atoms with Gasteiger partial charge < -0.3 is 48.5 Å².